The summed E-state index contributed by atoms with van der Waals surface area (Å²) in [6.45, 7) is 14.1. The van der Waals surface area contributed by atoms with Crippen LogP contribution in [0.5, 0.6) is 5.75 Å². The van der Waals surface area contributed by atoms with E-state index in [1.54, 1.807) is 18.3 Å². The molecule has 2 aromatic rings. The SMILES string of the molecule is C=C(/N=C1/NC(CC)=C(Cl)/C1=C(/C)[C@H](C)CC1CNC1CC)Sc1cnc2cccc(O)c2c1. The van der Waals surface area contributed by atoms with Crippen LogP contribution in [-0.4, -0.2) is 28.5 Å². The molecule has 0 aliphatic carbocycles. The Labute approximate surface area is 211 Å². The molecule has 1 saturated heterocycles. The van der Waals surface area contributed by atoms with E-state index in [0.717, 1.165) is 51.9 Å². The number of nitrogens with zero attached hydrogens (tertiary/aromatic N) is 2. The number of benzene rings is 1. The molecule has 0 amide bonds. The summed E-state index contributed by atoms with van der Waals surface area (Å²) >= 11 is 8.26. The normalized spacial score (nSPS) is 23.7. The molecule has 0 radical (unpaired) electrons. The molecule has 1 fully saturated rings. The Hall–Kier alpha value is -2.28. The summed E-state index contributed by atoms with van der Waals surface area (Å²) in [6.07, 6.45) is 4.90. The van der Waals surface area contributed by atoms with Crippen molar-refractivity contribution >= 4 is 40.1 Å². The van der Waals surface area contributed by atoms with Crippen molar-refractivity contribution in [2.75, 3.05) is 6.54 Å². The Bertz CT molecular complexity index is 1200. The molecular weight excluding hydrogens is 464 g/mol. The minimum Gasteiger partial charge on any atom is -0.507 e. The molecule has 4 rings (SSSR count). The first-order valence-electron chi connectivity index (χ1n) is 12.0. The van der Waals surface area contributed by atoms with Crippen LogP contribution in [0.1, 0.15) is 47.0 Å². The van der Waals surface area contributed by atoms with Crippen molar-refractivity contribution in [2.24, 2.45) is 16.8 Å². The van der Waals surface area contributed by atoms with Crippen molar-refractivity contribution in [3.63, 3.8) is 0 Å². The second-order valence-electron chi connectivity index (χ2n) is 9.12. The number of aromatic hydroxyl groups is 1. The monoisotopic (exact) mass is 496 g/mol. The van der Waals surface area contributed by atoms with Crippen molar-refractivity contribution in [2.45, 2.75) is 57.9 Å². The van der Waals surface area contributed by atoms with Gasteiger partial charge in [0.15, 0.2) is 0 Å². The number of pyridine rings is 1. The summed E-state index contributed by atoms with van der Waals surface area (Å²) in [6, 6.07) is 7.87. The van der Waals surface area contributed by atoms with E-state index in [9.17, 15) is 5.11 Å². The van der Waals surface area contributed by atoms with Gasteiger partial charge in [0.25, 0.3) is 0 Å². The minimum absolute atomic E-state index is 0.215. The molecule has 0 saturated carbocycles. The van der Waals surface area contributed by atoms with Crippen LogP contribution in [0.3, 0.4) is 0 Å². The van der Waals surface area contributed by atoms with Gasteiger partial charge in [-0.25, -0.2) is 4.99 Å². The Morgan fingerprint density at radius 2 is 2.18 bits per heavy atom. The average molecular weight is 497 g/mol. The van der Waals surface area contributed by atoms with Crippen LogP contribution >= 0.6 is 23.4 Å². The summed E-state index contributed by atoms with van der Waals surface area (Å²) in [7, 11) is 0. The summed E-state index contributed by atoms with van der Waals surface area (Å²) < 4.78 is 0. The van der Waals surface area contributed by atoms with Crippen LogP contribution in [0.15, 0.2) is 73.8 Å². The first-order valence-corrected chi connectivity index (χ1v) is 13.2. The molecule has 7 heteroatoms. The van der Waals surface area contributed by atoms with Crippen LogP contribution in [0.2, 0.25) is 0 Å². The molecule has 3 atom stereocenters. The van der Waals surface area contributed by atoms with Gasteiger partial charge in [0.1, 0.15) is 11.6 Å². The summed E-state index contributed by atoms with van der Waals surface area (Å²) in [5.74, 6) is 2.09. The minimum atomic E-state index is 0.215. The zero-order valence-electron chi connectivity index (χ0n) is 20.3. The van der Waals surface area contributed by atoms with Gasteiger partial charge in [-0.1, -0.05) is 62.4 Å². The van der Waals surface area contributed by atoms with Crippen LogP contribution in [-0.2, 0) is 0 Å². The van der Waals surface area contributed by atoms with Crippen LogP contribution < -0.4 is 10.6 Å². The highest BCUT2D eigenvalue weighted by Gasteiger charge is 2.32. The first-order chi connectivity index (χ1) is 16.3. The molecule has 0 spiro atoms. The number of aliphatic imine (C=N–C) groups is 1. The first kappa shape index (κ1) is 24.8. The number of hydrogen-bond acceptors (Lipinski definition) is 5. The van der Waals surface area contributed by atoms with E-state index in [1.807, 2.05) is 12.1 Å². The largest absolute Gasteiger partial charge is 0.507 e. The number of fused-ring (bicyclic) bond motifs is 1. The summed E-state index contributed by atoms with van der Waals surface area (Å²) in [5.41, 5.74) is 4.01. The maximum absolute atomic E-state index is 10.2. The van der Waals surface area contributed by atoms with Gasteiger partial charge in [0, 0.05) is 33.8 Å². The van der Waals surface area contributed by atoms with Crippen molar-refractivity contribution < 1.29 is 5.11 Å². The standard InChI is InChI=1S/C27H33ClN4OS/c1-6-21-18(13-29-21)11-15(3)16(4)25-26(28)22(7-2)32-27(25)31-17(5)34-19-12-20-23(30-14-19)9-8-10-24(20)33/h8-10,12,14-15,18,21,29,33H,5-7,11,13H2,1-4H3,(H,31,32)/b25-16+/t15-,18?,21?/m1/s1. The molecule has 2 aliphatic rings. The molecule has 3 N–H and O–H groups in total. The number of aromatic nitrogens is 1. The van der Waals surface area contributed by atoms with Gasteiger partial charge in [-0.3, -0.25) is 4.98 Å². The van der Waals surface area contributed by atoms with E-state index in [1.165, 1.54) is 23.8 Å². The highest BCUT2D eigenvalue weighted by Crippen LogP contribution is 2.37. The number of thioether (sulfide) groups is 1. The molecule has 0 bridgehead atoms. The molecule has 5 nitrogen and oxygen atoms in total. The van der Waals surface area contributed by atoms with E-state index < -0.39 is 0 Å². The maximum Gasteiger partial charge on any atom is 0.140 e. The predicted octanol–water partition coefficient (Wildman–Crippen LogP) is 6.71. The lowest BCUT2D eigenvalue weighted by Crippen LogP contribution is -2.52. The molecule has 1 aromatic heterocycles. The fraction of sp³-hybridized carbons (Fsp3) is 0.407. The van der Waals surface area contributed by atoms with E-state index >= 15 is 0 Å². The highest BCUT2D eigenvalue weighted by atomic mass is 35.5. The highest BCUT2D eigenvalue weighted by molar-refractivity contribution is 8.03. The molecular formula is C27H33ClN4OS. The third-order valence-corrected chi connectivity index (χ3v) is 8.14. The fourth-order valence-corrected chi connectivity index (χ4v) is 5.82. The quantitative estimate of drug-likeness (QED) is 0.354. The summed E-state index contributed by atoms with van der Waals surface area (Å²) in [4.78, 5) is 10.2. The van der Waals surface area contributed by atoms with Crippen molar-refractivity contribution in [3.05, 3.63) is 63.9 Å². The van der Waals surface area contributed by atoms with Gasteiger partial charge < -0.3 is 15.7 Å². The zero-order valence-corrected chi connectivity index (χ0v) is 21.9. The Kier molecular flexibility index (Phi) is 7.70. The van der Waals surface area contributed by atoms with Crippen LogP contribution in [0.4, 0.5) is 0 Å². The second kappa shape index (κ2) is 10.5. The third kappa shape index (κ3) is 5.04. The number of rotatable bonds is 8. The fourth-order valence-electron chi connectivity index (χ4n) is 4.71. The van der Waals surface area contributed by atoms with Gasteiger partial charge in [-0.2, -0.15) is 0 Å². The van der Waals surface area contributed by atoms with E-state index in [2.05, 4.69) is 49.9 Å². The van der Waals surface area contributed by atoms with E-state index in [4.69, 9.17) is 16.6 Å². The van der Waals surface area contributed by atoms with E-state index in [-0.39, 0.29) is 5.75 Å². The average Bonchev–Trinajstić information content (AvgIpc) is 3.11. The van der Waals surface area contributed by atoms with Gasteiger partial charge in [0.05, 0.1) is 15.6 Å². The molecule has 180 valence electrons. The lowest BCUT2D eigenvalue weighted by molar-refractivity contribution is 0.196. The lowest BCUT2D eigenvalue weighted by Gasteiger charge is -2.39. The number of hydrogen-bond donors (Lipinski definition) is 3. The van der Waals surface area contributed by atoms with Crippen molar-refractivity contribution in [3.8, 4) is 5.75 Å². The van der Waals surface area contributed by atoms with Crippen LogP contribution in [0.25, 0.3) is 10.9 Å². The van der Waals surface area contributed by atoms with Gasteiger partial charge in [-0.15, -0.1) is 0 Å². The Morgan fingerprint density at radius 1 is 1.38 bits per heavy atom. The number of amidine groups is 1. The molecule has 2 unspecified atom stereocenters. The van der Waals surface area contributed by atoms with Gasteiger partial charge in [-0.05, 0) is 62.8 Å². The number of halogens is 1. The number of phenols is 1. The maximum atomic E-state index is 10.2. The zero-order chi connectivity index (χ0) is 24.4. The third-order valence-electron chi connectivity index (χ3n) is 6.93. The molecule has 3 heterocycles. The molecule has 2 aliphatic heterocycles. The molecule has 34 heavy (non-hydrogen) atoms. The van der Waals surface area contributed by atoms with Gasteiger partial charge >= 0.3 is 0 Å². The van der Waals surface area contributed by atoms with Gasteiger partial charge in [0.2, 0.25) is 0 Å². The molecule has 1 aromatic carbocycles. The van der Waals surface area contributed by atoms with Crippen molar-refractivity contribution in [1.29, 1.82) is 0 Å². The number of phenolic OH excluding ortho intramolecular Hbond substituents is 1. The topological polar surface area (TPSA) is 69.5 Å². The number of nitrogens with one attached hydrogen (secondary N) is 2. The smallest absolute Gasteiger partial charge is 0.140 e. The van der Waals surface area contributed by atoms with Crippen LogP contribution in [0, 0.1) is 11.8 Å². The second-order valence-corrected chi connectivity index (χ2v) is 10.6. The Balaban J connectivity index is 1.57. The summed E-state index contributed by atoms with van der Waals surface area (Å²) in [5, 5.41) is 19.2. The van der Waals surface area contributed by atoms with Crippen molar-refractivity contribution in [1.82, 2.24) is 15.6 Å². The predicted molar refractivity (Wildman–Crippen MR) is 144 cm³/mol. The van der Waals surface area contributed by atoms with E-state index in [0.29, 0.717) is 28.3 Å². The number of allylic oxidation sites excluding steroid dienone is 2. The Morgan fingerprint density at radius 3 is 2.85 bits per heavy atom. The lowest BCUT2D eigenvalue weighted by atomic mass is 9.79.